The van der Waals surface area contributed by atoms with Crippen LogP contribution in [0.1, 0.15) is 104 Å². The molecule has 23 heteroatoms. The van der Waals surface area contributed by atoms with Gasteiger partial charge in [-0.3, -0.25) is 50.1 Å². The molecule has 23 nitrogen and oxygen atoms in total. The summed E-state index contributed by atoms with van der Waals surface area (Å²) in [6, 6.07) is 15.6. The zero-order chi connectivity index (χ0) is 51.6. The third kappa shape index (κ3) is 14.0. The lowest BCUT2D eigenvalue weighted by Gasteiger charge is -2.30. The van der Waals surface area contributed by atoms with Gasteiger partial charge in [-0.2, -0.15) is 10.1 Å². The second-order valence-electron chi connectivity index (χ2n) is 20.0. The van der Waals surface area contributed by atoms with E-state index in [2.05, 4.69) is 16.3 Å². The average Bonchev–Trinajstić information content (AvgIpc) is 4.13. The van der Waals surface area contributed by atoms with Crippen molar-refractivity contribution in [3.63, 3.8) is 0 Å². The lowest BCUT2D eigenvalue weighted by atomic mass is 10.0. The predicted octanol–water partition coefficient (Wildman–Crippen LogP) is 3.78. The molecule has 6 atom stereocenters. The minimum absolute atomic E-state index is 0.0400. The minimum Gasteiger partial charge on any atom is -0.480 e. The molecule has 6 saturated heterocycles. The summed E-state index contributed by atoms with van der Waals surface area (Å²) in [4.78, 5) is 114. The van der Waals surface area contributed by atoms with E-state index in [0.29, 0.717) is 77.7 Å². The van der Waals surface area contributed by atoms with Crippen molar-refractivity contribution in [2.75, 3.05) is 26.2 Å². The van der Waals surface area contributed by atoms with Crippen LogP contribution in [0.2, 0.25) is 0 Å². The average molecular weight is 993 g/mol. The van der Waals surface area contributed by atoms with Gasteiger partial charge >= 0.3 is 30.2 Å². The van der Waals surface area contributed by atoms with E-state index < -0.39 is 65.3 Å². The van der Waals surface area contributed by atoms with Gasteiger partial charge in [0.1, 0.15) is 48.6 Å². The van der Waals surface area contributed by atoms with Gasteiger partial charge in [0.15, 0.2) is 0 Å². The minimum atomic E-state index is -0.943. The molecule has 388 valence electrons. The number of nitrogens with one attached hydrogen (secondary N) is 3. The maximum atomic E-state index is 12.9. The van der Waals surface area contributed by atoms with E-state index in [0.717, 1.165) is 17.5 Å². The number of aliphatic carboxylic acids is 1. The van der Waals surface area contributed by atoms with Gasteiger partial charge in [-0.25, -0.2) is 29.8 Å². The molecular weight excluding hydrogens is 925 g/mol. The molecule has 6 aliphatic heterocycles. The standard InChI is InChI=1S/C24H33N5O6.C14H16N2O4.C10H19N3O3/c1-24(2,3)35-23(33)27-13-7-10-18(27)20(30)25-26-21(31)19-12-11-17-14-28(19)22(32)29(17)34-15-16-8-5-4-6-9-16;17-13(18)12-7-6-11-8-15(12)14(19)16(11)20-9-10-4-2-1-3-5-10;1-10(2,3)16-9(15)13-6-4-5-7(13)8(14)12-11/h4-6,8-9,17-19H,7,10-15H2,1-3H3,(H,25,30)(H,26,31);1-5,11-12H,6-9H2,(H,17,18);7H,4-6,11H2,1-3H3,(H,12,14)/t17-,18?,19+;11-,12+;/m11./s1. The maximum Gasteiger partial charge on any atom is 0.410 e. The van der Waals surface area contributed by atoms with Crippen LogP contribution < -0.4 is 22.1 Å². The molecule has 0 spiro atoms. The number of rotatable bonds is 10. The fourth-order valence-electron chi connectivity index (χ4n) is 9.10. The van der Waals surface area contributed by atoms with Crippen LogP contribution >= 0.6 is 0 Å². The molecule has 4 bridgehead atoms. The number of hydroxylamine groups is 4. The number of urea groups is 2. The van der Waals surface area contributed by atoms with Crippen molar-refractivity contribution in [2.45, 2.75) is 154 Å². The number of benzene rings is 2. The Morgan fingerprint density at radius 1 is 0.577 bits per heavy atom. The highest BCUT2D eigenvalue weighted by atomic mass is 16.7. The van der Waals surface area contributed by atoms with E-state index in [4.69, 9.17) is 30.1 Å². The number of piperidine rings is 2. The van der Waals surface area contributed by atoms with Gasteiger partial charge in [0.25, 0.3) is 17.7 Å². The Balaban J connectivity index is 0.000000193. The first-order chi connectivity index (χ1) is 33.6. The Labute approximate surface area is 413 Å². The molecular formula is C48H68N10O13. The van der Waals surface area contributed by atoms with Crippen LogP contribution in [0.4, 0.5) is 19.2 Å². The summed E-state index contributed by atoms with van der Waals surface area (Å²) >= 11 is 0. The van der Waals surface area contributed by atoms with Crippen LogP contribution in [0.3, 0.4) is 0 Å². The first-order valence-corrected chi connectivity index (χ1v) is 24.0. The molecule has 6 heterocycles. The molecule has 6 fully saturated rings. The number of carbonyl (C=O) groups excluding carboxylic acids is 7. The summed E-state index contributed by atoms with van der Waals surface area (Å²) in [6.45, 7) is 13.0. The maximum absolute atomic E-state index is 12.9. The number of likely N-dealkylation sites (tertiary alicyclic amines) is 2. The molecule has 6 N–H and O–H groups in total. The van der Waals surface area contributed by atoms with Gasteiger partial charge < -0.3 is 24.4 Å². The van der Waals surface area contributed by atoms with Gasteiger partial charge in [0.05, 0.1) is 12.1 Å². The third-order valence-electron chi connectivity index (χ3n) is 12.5. The van der Waals surface area contributed by atoms with E-state index in [-0.39, 0.29) is 36.7 Å². The van der Waals surface area contributed by atoms with Gasteiger partial charge in [-0.05, 0) is 104 Å². The number of nitrogens with zero attached hydrogens (tertiary/aromatic N) is 6. The van der Waals surface area contributed by atoms with E-state index in [9.17, 15) is 38.4 Å². The van der Waals surface area contributed by atoms with Crippen molar-refractivity contribution in [3.8, 4) is 0 Å². The zero-order valence-electron chi connectivity index (χ0n) is 41.2. The van der Waals surface area contributed by atoms with Gasteiger partial charge in [-0.15, -0.1) is 0 Å². The summed E-state index contributed by atoms with van der Waals surface area (Å²) in [7, 11) is 0. The molecule has 2 aromatic carbocycles. The summed E-state index contributed by atoms with van der Waals surface area (Å²) in [5.41, 5.74) is 7.64. The number of ether oxygens (including phenoxy) is 2. The highest BCUT2D eigenvalue weighted by molar-refractivity contribution is 5.92. The van der Waals surface area contributed by atoms with Crippen molar-refractivity contribution < 1.29 is 62.6 Å². The Morgan fingerprint density at radius 2 is 0.972 bits per heavy atom. The van der Waals surface area contributed by atoms with Crippen LogP contribution in [0, 0.1) is 0 Å². The number of carbonyl (C=O) groups is 8. The van der Waals surface area contributed by atoms with E-state index >= 15 is 0 Å². The number of fused-ring (bicyclic) bond motifs is 4. The lowest BCUT2D eigenvalue weighted by Crippen LogP contribution is -2.57. The Kier molecular flexibility index (Phi) is 17.7. The molecule has 2 aromatic rings. The van der Waals surface area contributed by atoms with Gasteiger partial charge in [0.2, 0.25) is 0 Å². The number of nitrogens with two attached hydrogens (primary N) is 1. The molecule has 0 saturated carbocycles. The first kappa shape index (κ1) is 53.6. The summed E-state index contributed by atoms with van der Waals surface area (Å²) < 4.78 is 10.6. The third-order valence-corrected chi connectivity index (χ3v) is 12.5. The molecule has 8 rings (SSSR count). The normalized spacial score (nSPS) is 23.5. The van der Waals surface area contributed by atoms with E-state index in [1.54, 1.807) is 41.5 Å². The predicted molar refractivity (Wildman–Crippen MR) is 252 cm³/mol. The van der Waals surface area contributed by atoms with Crippen LogP contribution in [-0.4, -0.2) is 156 Å². The highest BCUT2D eigenvalue weighted by Crippen LogP contribution is 2.32. The number of carboxylic acid groups (broad SMARTS) is 1. The fourth-order valence-corrected chi connectivity index (χ4v) is 9.10. The summed E-state index contributed by atoms with van der Waals surface area (Å²) in [5, 5.41) is 11.8. The molecule has 0 aliphatic carbocycles. The quantitative estimate of drug-likeness (QED) is 0.129. The van der Waals surface area contributed by atoms with E-state index in [1.165, 1.54) is 29.7 Å². The molecule has 71 heavy (non-hydrogen) atoms. The van der Waals surface area contributed by atoms with Crippen LogP contribution in [0.15, 0.2) is 60.7 Å². The summed E-state index contributed by atoms with van der Waals surface area (Å²) in [6.07, 6.45) is 3.75. The Morgan fingerprint density at radius 3 is 1.38 bits per heavy atom. The SMILES string of the molecule is CC(C)(C)OC(=O)N1CCCC1C(=O)NN.CC(C)(C)OC(=O)N1CCCC1C(=O)NNC(=O)[C@@H]1CC[C@@H]2CN1C(=O)N2OCc1ccccc1.O=C(O)[C@@H]1CC[C@@H]2CN1C(=O)N2OCc1ccccc1. The highest BCUT2D eigenvalue weighted by Gasteiger charge is 2.49. The molecule has 9 amide bonds. The van der Waals surface area contributed by atoms with Crippen molar-refractivity contribution in [2.24, 2.45) is 5.84 Å². The van der Waals surface area contributed by atoms with Gasteiger partial charge in [-0.1, -0.05) is 60.7 Å². The number of hydrogen-bond donors (Lipinski definition) is 5. The largest absolute Gasteiger partial charge is 0.480 e. The monoisotopic (exact) mass is 992 g/mol. The van der Waals surface area contributed by atoms with Crippen LogP contribution in [-0.2, 0) is 51.5 Å². The molecule has 0 radical (unpaired) electrons. The first-order valence-electron chi connectivity index (χ1n) is 24.0. The van der Waals surface area contributed by atoms with Crippen molar-refractivity contribution in [3.05, 3.63) is 71.8 Å². The number of carboxylic acids is 1. The van der Waals surface area contributed by atoms with Crippen molar-refractivity contribution in [1.82, 2.24) is 46.0 Å². The van der Waals surface area contributed by atoms with Crippen LogP contribution in [0.5, 0.6) is 0 Å². The number of amides is 9. The number of hydrogen-bond acceptors (Lipinski definition) is 13. The van der Waals surface area contributed by atoms with Crippen LogP contribution in [0.25, 0.3) is 0 Å². The topological polar surface area (TPSA) is 275 Å². The van der Waals surface area contributed by atoms with E-state index in [1.807, 2.05) is 60.7 Å². The number of hydrazine groups is 2. The Bertz CT molecular complexity index is 2230. The smallest absolute Gasteiger partial charge is 0.410 e. The molecule has 6 aliphatic rings. The van der Waals surface area contributed by atoms with Gasteiger partial charge in [0, 0.05) is 26.2 Å². The lowest BCUT2D eigenvalue weighted by molar-refractivity contribution is -0.143. The molecule has 2 unspecified atom stereocenters. The fraction of sp³-hybridized carbons (Fsp3) is 0.583. The summed E-state index contributed by atoms with van der Waals surface area (Å²) in [5.74, 6) is 2.81. The van der Waals surface area contributed by atoms with Crippen molar-refractivity contribution in [1.29, 1.82) is 0 Å². The Hall–Kier alpha value is -6.72. The second kappa shape index (κ2) is 23.5. The second-order valence-corrected chi connectivity index (χ2v) is 20.0. The molecule has 0 aromatic heterocycles. The van der Waals surface area contributed by atoms with Crippen molar-refractivity contribution >= 4 is 47.9 Å². The zero-order valence-corrected chi connectivity index (χ0v) is 41.2.